The number of likely N-dealkylation sites (tertiary alicyclic amines) is 1. The van der Waals surface area contributed by atoms with E-state index in [-0.39, 0.29) is 30.3 Å². The highest BCUT2D eigenvalue weighted by Gasteiger charge is 2.44. The quantitative estimate of drug-likeness (QED) is 0.538. The summed E-state index contributed by atoms with van der Waals surface area (Å²) in [6, 6.07) is 14.6. The number of sulfonamides is 1. The SMILES string of the molecule is CC(O)CC1(O)CN(C(=O)c2ccc(NS(=O)(=O)c3cccc4cccnc34)cc2)C1. The van der Waals surface area contributed by atoms with Gasteiger partial charge >= 0.3 is 0 Å². The van der Waals surface area contributed by atoms with E-state index in [2.05, 4.69) is 9.71 Å². The van der Waals surface area contributed by atoms with Crippen LogP contribution in [0, 0.1) is 0 Å². The number of amides is 1. The number of nitrogens with zero attached hydrogens (tertiary/aromatic N) is 2. The Morgan fingerprint density at radius 2 is 1.84 bits per heavy atom. The van der Waals surface area contributed by atoms with Gasteiger partial charge in [-0.3, -0.25) is 14.5 Å². The summed E-state index contributed by atoms with van der Waals surface area (Å²) in [4.78, 5) is 18.3. The Hall–Kier alpha value is -3.01. The van der Waals surface area contributed by atoms with Gasteiger partial charge in [0.2, 0.25) is 0 Å². The second kappa shape index (κ2) is 7.92. The van der Waals surface area contributed by atoms with E-state index in [9.17, 15) is 23.4 Å². The number of para-hydroxylation sites is 1. The predicted octanol–water partition coefficient (Wildman–Crippen LogP) is 1.99. The van der Waals surface area contributed by atoms with Crippen LogP contribution >= 0.6 is 0 Å². The number of carbonyl (C=O) groups excluding carboxylic acids is 1. The number of hydrogen-bond donors (Lipinski definition) is 3. The van der Waals surface area contributed by atoms with Gasteiger partial charge in [-0.25, -0.2) is 8.42 Å². The monoisotopic (exact) mass is 441 g/mol. The summed E-state index contributed by atoms with van der Waals surface area (Å²) in [5, 5.41) is 20.4. The summed E-state index contributed by atoms with van der Waals surface area (Å²) in [5.41, 5.74) is 0.0191. The molecule has 8 nitrogen and oxygen atoms in total. The average Bonchev–Trinajstić information content (AvgIpc) is 2.70. The fourth-order valence-corrected chi connectivity index (χ4v) is 5.09. The lowest BCUT2D eigenvalue weighted by Gasteiger charge is -2.47. The lowest BCUT2D eigenvalue weighted by molar-refractivity contribution is -0.102. The molecule has 0 bridgehead atoms. The number of rotatable bonds is 6. The maximum Gasteiger partial charge on any atom is 0.264 e. The summed E-state index contributed by atoms with van der Waals surface area (Å²) in [5.74, 6) is -0.261. The van der Waals surface area contributed by atoms with Crippen LogP contribution in [0.1, 0.15) is 23.7 Å². The van der Waals surface area contributed by atoms with Crippen molar-refractivity contribution in [1.29, 1.82) is 0 Å². The second-order valence-corrected chi connectivity index (χ2v) is 9.60. The van der Waals surface area contributed by atoms with E-state index in [1.54, 1.807) is 37.4 Å². The van der Waals surface area contributed by atoms with Crippen molar-refractivity contribution in [3.8, 4) is 0 Å². The van der Waals surface area contributed by atoms with Crippen LogP contribution in [0.5, 0.6) is 0 Å². The van der Waals surface area contributed by atoms with E-state index in [1.807, 2.05) is 0 Å². The molecular formula is C22H23N3O5S. The van der Waals surface area contributed by atoms with Gasteiger partial charge in [-0.2, -0.15) is 0 Å². The van der Waals surface area contributed by atoms with Crippen LogP contribution in [0.2, 0.25) is 0 Å². The molecule has 4 rings (SSSR count). The Morgan fingerprint density at radius 3 is 2.52 bits per heavy atom. The molecular weight excluding hydrogens is 418 g/mol. The summed E-state index contributed by atoms with van der Waals surface area (Å²) >= 11 is 0. The number of benzene rings is 2. The molecule has 1 aliphatic rings. The van der Waals surface area contributed by atoms with Gasteiger partial charge in [-0.15, -0.1) is 0 Å². The fourth-order valence-electron chi connectivity index (χ4n) is 3.85. The molecule has 1 fully saturated rings. The van der Waals surface area contributed by atoms with E-state index in [0.29, 0.717) is 16.8 Å². The van der Waals surface area contributed by atoms with Gasteiger partial charge in [-0.05, 0) is 43.3 Å². The topological polar surface area (TPSA) is 120 Å². The van der Waals surface area contributed by atoms with Crippen LogP contribution < -0.4 is 4.72 Å². The minimum absolute atomic E-state index is 0.0729. The Balaban J connectivity index is 1.47. The molecule has 1 saturated heterocycles. The molecule has 2 aromatic carbocycles. The number of carbonyl (C=O) groups is 1. The molecule has 2 heterocycles. The average molecular weight is 442 g/mol. The van der Waals surface area contributed by atoms with Crippen LogP contribution in [0.3, 0.4) is 0 Å². The van der Waals surface area contributed by atoms with E-state index < -0.39 is 21.7 Å². The molecule has 0 saturated carbocycles. The van der Waals surface area contributed by atoms with Crippen LogP contribution in [-0.2, 0) is 10.0 Å². The van der Waals surface area contributed by atoms with Gasteiger partial charge in [0.25, 0.3) is 15.9 Å². The van der Waals surface area contributed by atoms with Crippen molar-refractivity contribution >= 4 is 32.5 Å². The Kier molecular flexibility index (Phi) is 5.42. The molecule has 1 aliphatic heterocycles. The van der Waals surface area contributed by atoms with Crippen LogP contribution in [0.15, 0.2) is 65.7 Å². The number of aromatic nitrogens is 1. The van der Waals surface area contributed by atoms with E-state index in [0.717, 1.165) is 5.39 Å². The van der Waals surface area contributed by atoms with Gasteiger partial charge in [0.1, 0.15) is 10.5 Å². The Morgan fingerprint density at radius 1 is 1.16 bits per heavy atom. The highest BCUT2D eigenvalue weighted by atomic mass is 32.2. The van der Waals surface area contributed by atoms with Gasteiger partial charge in [0.15, 0.2) is 0 Å². The standard InChI is InChI=1S/C22H23N3O5S/c1-15(26)12-22(28)13-25(14-22)21(27)17-7-9-18(10-8-17)24-31(29,30)19-6-2-4-16-5-3-11-23-20(16)19/h2-11,15,24,26,28H,12-14H2,1H3. The lowest BCUT2D eigenvalue weighted by Crippen LogP contribution is -2.64. The van der Waals surface area contributed by atoms with Crippen LogP contribution in [0.25, 0.3) is 10.9 Å². The smallest absolute Gasteiger partial charge is 0.264 e. The number of nitrogens with one attached hydrogen (secondary N) is 1. The van der Waals surface area contributed by atoms with E-state index >= 15 is 0 Å². The summed E-state index contributed by atoms with van der Waals surface area (Å²) < 4.78 is 28.3. The van der Waals surface area contributed by atoms with Crippen LogP contribution in [0.4, 0.5) is 5.69 Å². The van der Waals surface area contributed by atoms with Crippen LogP contribution in [-0.4, -0.2) is 59.2 Å². The number of pyridine rings is 1. The molecule has 31 heavy (non-hydrogen) atoms. The van der Waals surface area contributed by atoms with E-state index in [1.165, 1.54) is 35.2 Å². The fraction of sp³-hybridized carbons (Fsp3) is 0.273. The maximum absolute atomic E-state index is 12.9. The predicted molar refractivity (Wildman–Crippen MR) is 116 cm³/mol. The van der Waals surface area contributed by atoms with Crippen molar-refractivity contribution in [3.05, 3.63) is 66.4 Å². The minimum Gasteiger partial charge on any atom is -0.393 e. The number of fused-ring (bicyclic) bond motifs is 1. The zero-order chi connectivity index (χ0) is 22.2. The van der Waals surface area contributed by atoms with E-state index in [4.69, 9.17) is 0 Å². The highest BCUT2D eigenvalue weighted by Crippen LogP contribution is 2.28. The van der Waals surface area contributed by atoms with Gasteiger partial charge < -0.3 is 15.1 Å². The molecule has 1 atom stereocenters. The molecule has 0 aliphatic carbocycles. The Bertz CT molecular complexity index is 1210. The summed E-state index contributed by atoms with van der Waals surface area (Å²) in [6.45, 7) is 1.90. The number of anilines is 1. The van der Waals surface area contributed by atoms with Crippen molar-refractivity contribution in [3.63, 3.8) is 0 Å². The zero-order valence-electron chi connectivity index (χ0n) is 16.9. The lowest BCUT2D eigenvalue weighted by atomic mass is 9.88. The minimum atomic E-state index is -3.87. The van der Waals surface area contributed by atoms with Crippen molar-refractivity contribution in [2.75, 3.05) is 17.8 Å². The number of aliphatic hydroxyl groups is 2. The normalized spacial score (nSPS) is 16.5. The summed E-state index contributed by atoms with van der Waals surface area (Å²) in [7, 11) is -3.87. The number of hydrogen-bond acceptors (Lipinski definition) is 6. The van der Waals surface area contributed by atoms with Gasteiger partial charge in [0.05, 0.1) is 24.7 Å². The third-order valence-electron chi connectivity index (χ3n) is 5.20. The maximum atomic E-state index is 12.9. The summed E-state index contributed by atoms with van der Waals surface area (Å²) in [6.07, 6.45) is 1.10. The van der Waals surface area contributed by atoms with Crippen molar-refractivity contribution < 1.29 is 23.4 Å². The highest BCUT2D eigenvalue weighted by molar-refractivity contribution is 7.93. The second-order valence-electron chi connectivity index (χ2n) is 7.95. The molecule has 1 amide bonds. The van der Waals surface area contributed by atoms with Gasteiger partial charge in [0, 0.05) is 29.3 Å². The first-order valence-corrected chi connectivity index (χ1v) is 11.3. The zero-order valence-corrected chi connectivity index (χ0v) is 17.7. The molecule has 9 heteroatoms. The molecule has 1 aromatic heterocycles. The number of aliphatic hydroxyl groups excluding tert-OH is 1. The number of β-amino-alcohol motifs (C(OH)–C–C–N with tert-alkyl or cyclic N) is 1. The molecule has 1 unspecified atom stereocenters. The Labute approximate surface area is 180 Å². The molecule has 0 radical (unpaired) electrons. The molecule has 3 aromatic rings. The van der Waals surface area contributed by atoms with Gasteiger partial charge in [-0.1, -0.05) is 18.2 Å². The first-order valence-electron chi connectivity index (χ1n) is 9.83. The molecule has 0 spiro atoms. The van der Waals surface area contributed by atoms with Crippen molar-refractivity contribution in [2.24, 2.45) is 0 Å². The first-order chi connectivity index (χ1) is 14.7. The largest absolute Gasteiger partial charge is 0.393 e. The van der Waals surface area contributed by atoms with Crippen molar-refractivity contribution in [1.82, 2.24) is 9.88 Å². The van der Waals surface area contributed by atoms with Crippen molar-refractivity contribution in [2.45, 2.75) is 29.9 Å². The third kappa shape index (κ3) is 4.39. The first kappa shape index (κ1) is 21.2. The molecule has 3 N–H and O–H groups in total. The molecule has 162 valence electrons. The third-order valence-corrected chi connectivity index (χ3v) is 6.62.